The number of carbonyl (C=O) groups excluding carboxylic acids is 1. The summed E-state index contributed by atoms with van der Waals surface area (Å²) in [5.41, 5.74) is 0. The molecule has 3 unspecified atom stereocenters. The highest BCUT2D eigenvalue weighted by Gasteiger charge is 2.27. The zero-order chi connectivity index (χ0) is 12.8. The van der Waals surface area contributed by atoms with Crippen molar-refractivity contribution in [1.82, 2.24) is 10.2 Å². The fraction of sp³-hybridized carbons (Fsp3) is 0.923. The number of hydrogen-bond acceptors (Lipinski definition) is 3. The van der Waals surface area contributed by atoms with Gasteiger partial charge in [0.2, 0.25) is 5.91 Å². The number of likely N-dealkylation sites (tertiary alicyclic amines) is 1. The Morgan fingerprint density at radius 2 is 2.24 bits per heavy atom. The van der Waals surface area contributed by atoms with Crippen LogP contribution >= 0.6 is 0 Å². The van der Waals surface area contributed by atoms with E-state index in [-0.39, 0.29) is 18.1 Å². The number of nitrogens with one attached hydrogen (secondary N) is 1. The molecule has 100 valence electrons. The lowest BCUT2D eigenvalue weighted by Crippen LogP contribution is -2.48. The molecule has 1 saturated heterocycles. The molecule has 0 aliphatic carbocycles. The summed E-state index contributed by atoms with van der Waals surface area (Å²) in [6, 6.07) is 0.250. The number of nitrogens with zero attached hydrogens (tertiary/aromatic N) is 1. The van der Waals surface area contributed by atoms with E-state index in [1.807, 2.05) is 6.92 Å². The van der Waals surface area contributed by atoms with Crippen LogP contribution in [0.15, 0.2) is 0 Å². The lowest BCUT2D eigenvalue weighted by molar-refractivity contribution is -0.123. The molecule has 2 N–H and O–H groups in total. The van der Waals surface area contributed by atoms with Gasteiger partial charge >= 0.3 is 0 Å². The normalized spacial score (nSPS) is 27.8. The first kappa shape index (κ1) is 14.5. The Hall–Kier alpha value is -0.610. The van der Waals surface area contributed by atoms with E-state index in [1.54, 1.807) is 0 Å². The topological polar surface area (TPSA) is 52.6 Å². The van der Waals surface area contributed by atoms with Crippen molar-refractivity contribution in [3.05, 3.63) is 0 Å². The standard InChI is InChI=1S/C13H26N2O2/c1-4-10(3)14-13(17)9-15-7-6-12(16)11(5-2)8-15/h10-12,16H,4-9H2,1-3H3,(H,14,17). The number of aliphatic hydroxyl groups excluding tert-OH is 1. The van der Waals surface area contributed by atoms with Crippen molar-refractivity contribution in [3.8, 4) is 0 Å². The van der Waals surface area contributed by atoms with Gasteiger partial charge in [0.25, 0.3) is 0 Å². The number of rotatable bonds is 5. The maximum atomic E-state index is 11.7. The SMILES string of the molecule is CCC(C)NC(=O)CN1CCC(O)C(CC)C1. The van der Waals surface area contributed by atoms with Gasteiger partial charge in [-0.15, -0.1) is 0 Å². The van der Waals surface area contributed by atoms with Crippen molar-refractivity contribution in [1.29, 1.82) is 0 Å². The van der Waals surface area contributed by atoms with Gasteiger partial charge < -0.3 is 10.4 Å². The number of amides is 1. The van der Waals surface area contributed by atoms with Crippen molar-refractivity contribution >= 4 is 5.91 Å². The maximum absolute atomic E-state index is 11.7. The van der Waals surface area contributed by atoms with Gasteiger partial charge in [-0.2, -0.15) is 0 Å². The van der Waals surface area contributed by atoms with Crippen LogP contribution in [-0.4, -0.2) is 47.7 Å². The van der Waals surface area contributed by atoms with Crippen molar-refractivity contribution < 1.29 is 9.90 Å². The Balaban J connectivity index is 2.34. The molecule has 0 aromatic carbocycles. The van der Waals surface area contributed by atoms with E-state index in [0.29, 0.717) is 12.5 Å². The van der Waals surface area contributed by atoms with Gasteiger partial charge in [0.05, 0.1) is 12.6 Å². The van der Waals surface area contributed by atoms with Crippen LogP contribution in [0.4, 0.5) is 0 Å². The third kappa shape index (κ3) is 4.64. The average Bonchev–Trinajstić information content (AvgIpc) is 2.31. The van der Waals surface area contributed by atoms with Gasteiger partial charge in [-0.05, 0) is 32.1 Å². The van der Waals surface area contributed by atoms with Gasteiger partial charge in [-0.1, -0.05) is 13.8 Å². The van der Waals surface area contributed by atoms with Crippen molar-refractivity contribution in [2.24, 2.45) is 5.92 Å². The minimum absolute atomic E-state index is 0.102. The summed E-state index contributed by atoms with van der Waals surface area (Å²) in [7, 11) is 0. The van der Waals surface area contributed by atoms with Crippen LogP contribution in [0.25, 0.3) is 0 Å². The fourth-order valence-corrected chi connectivity index (χ4v) is 2.27. The van der Waals surface area contributed by atoms with Crippen LogP contribution in [0.5, 0.6) is 0 Å². The Morgan fingerprint density at radius 1 is 1.53 bits per heavy atom. The van der Waals surface area contributed by atoms with Crippen LogP contribution in [0.3, 0.4) is 0 Å². The maximum Gasteiger partial charge on any atom is 0.234 e. The molecule has 3 atom stereocenters. The number of hydrogen-bond donors (Lipinski definition) is 2. The summed E-state index contributed by atoms with van der Waals surface area (Å²) in [4.78, 5) is 13.9. The van der Waals surface area contributed by atoms with Crippen molar-refractivity contribution in [3.63, 3.8) is 0 Å². The molecule has 0 radical (unpaired) electrons. The summed E-state index contributed by atoms with van der Waals surface area (Å²) in [6.07, 6.45) is 2.54. The smallest absolute Gasteiger partial charge is 0.234 e. The second kappa shape index (κ2) is 6.97. The quantitative estimate of drug-likeness (QED) is 0.756. The van der Waals surface area contributed by atoms with Crippen LogP contribution in [0.1, 0.15) is 40.0 Å². The van der Waals surface area contributed by atoms with E-state index < -0.39 is 0 Å². The van der Waals surface area contributed by atoms with E-state index in [9.17, 15) is 9.90 Å². The van der Waals surface area contributed by atoms with Gasteiger partial charge in [0.1, 0.15) is 0 Å². The lowest BCUT2D eigenvalue weighted by Gasteiger charge is -2.35. The Morgan fingerprint density at radius 3 is 2.82 bits per heavy atom. The summed E-state index contributed by atoms with van der Waals surface area (Å²) >= 11 is 0. The first-order valence-corrected chi connectivity index (χ1v) is 6.76. The second-order valence-electron chi connectivity index (χ2n) is 5.14. The minimum Gasteiger partial charge on any atom is -0.393 e. The van der Waals surface area contributed by atoms with Gasteiger partial charge in [0.15, 0.2) is 0 Å². The molecule has 1 fully saturated rings. The average molecular weight is 242 g/mol. The minimum atomic E-state index is -0.186. The molecular weight excluding hydrogens is 216 g/mol. The molecule has 0 saturated carbocycles. The van der Waals surface area contributed by atoms with Crippen LogP contribution < -0.4 is 5.32 Å². The zero-order valence-electron chi connectivity index (χ0n) is 11.3. The van der Waals surface area contributed by atoms with Crippen molar-refractivity contribution in [2.45, 2.75) is 52.2 Å². The highest BCUT2D eigenvalue weighted by atomic mass is 16.3. The number of piperidine rings is 1. The summed E-state index contributed by atoms with van der Waals surface area (Å²) < 4.78 is 0. The van der Waals surface area contributed by atoms with Crippen molar-refractivity contribution in [2.75, 3.05) is 19.6 Å². The third-order valence-electron chi connectivity index (χ3n) is 3.69. The molecule has 1 amide bonds. The van der Waals surface area contributed by atoms with Gasteiger partial charge in [-0.25, -0.2) is 0 Å². The molecule has 1 rings (SSSR count). The lowest BCUT2D eigenvalue weighted by atomic mass is 9.92. The van der Waals surface area contributed by atoms with Crippen LogP contribution in [0.2, 0.25) is 0 Å². The van der Waals surface area contributed by atoms with E-state index in [2.05, 4.69) is 24.1 Å². The van der Waals surface area contributed by atoms with Gasteiger partial charge in [0, 0.05) is 19.1 Å². The number of aliphatic hydroxyl groups is 1. The first-order chi connectivity index (χ1) is 8.06. The predicted molar refractivity (Wildman–Crippen MR) is 68.7 cm³/mol. The molecule has 4 heteroatoms. The molecule has 1 heterocycles. The van der Waals surface area contributed by atoms with E-state index in [1.165, 1.54) is 0 Å². The third-order valence-corrected chi connectivity index (χ3v) is 3.69. The zero-order valence-corrected chi connectivity index (χ0v) is 11.3. The first-order valence-electron chi connectivity index (χ1n) is 6.76. The monoisotopic (exact) mass is 242 g/mol. The van der Waals surface area contributed by atoms with E-state index in [0.717, 1.165) is 32.4 Å². The molecule has 17 heavy (non-hydrogen) atoms. The molecule has 0 bridgehead atoms. The number of carbonyl (C=O) groups is 1. The highest BCUT2D eigenvalue weighted by molar-refractivity contribution is 5.78. The molecule has 0 aromatic rings. The Labute approximate surface area is 104 Å². The fourth-order valence-electron chi connectivity index (χ4n) is 2.27. The second-order valence-corrected chi connectivity index (χ2v) is 5.14. The van der Waals surface area contributed by atoms with Crippen LogP contribution in [0, 0.1) is 5.92 Å². The molecule has 1 aliphatic heterocycles. The molecule has 0 aromatic heterocycles. The predicted octanol–water partition coefficient (Wildman–Crippen LogP) is 0.994. The van der Waals surface area contributed by atoms with Crippen LogP contribution in [-0.2, 0) is 4.79 Å². The summed E-state index contributed by atoms with van der Waals surface area (Å²) in [5.74, 6) is 0.422. The Bertz CT molecular complexity index is 246. The summed E-state index contributed by atoms with van der Waals surface area (Å²) in [5, 5.41) is 12.8. The largest absolute Gasteiger partial charge is 0.393 e. The molecule has 4 nitrogen and oxygen atoms in total. The summed E-state index contributed by atoms with van der Waals surface area (Å²) in [6.45, 7) is 8.31. The molecule has 0 spiro atoms. The molecular formula is C13H26N2O2. The van der Waals surface area contributed by atoms with Gasteiger partial charge in [-0.3, -0.25) is 9.69 Å². The highest BCUT2D eigenvalue weighted by Crippen LogP contribution is 2.19. The molecule has 1 aliphatic rings. The van der Waals surface area contributed by atoms with E-state index >= 15 is 0 Å². The van der Waals surface area contributed by atoms with E-state index in [4.69, 9.17) is 0 Å². The Kier molecular flexibility index (Phi) is 5.92.